The molecule has 2 aromatic carbocycles. The fourth-order valence-electron chi connectivity index (χ4n) is 3.08. The predicted octanol–water partition coefficient (Wildman–Crippen LogP) is 1.33. The number of nitrogens with one attached hydrogen (secondary N) is 2. The lowest BCUT2D eigenvalue weighted by Crippen LogP contribution is -2.23. The summed E-state index contributed by atoms with van der Waals surface area (Å²) in [7, 11) is 2.81. The van der Waals surface area contributed by atoms with Crippen LogP contribution in [0.15, 0.2) is 54.9 Å². The Morgan fingerprint density at radius 3 is 2.41 bits per heavy atom. The van der Waals surface area contributed by atoms with Crippen molar-refractivity contribution >= 4 is 23.4 Å². The SMILES string of the molecule is COc1cc(C(=O)NCc2cccc(NC(=O)Cn3cccn3)c2)cc(OC)c1OCC(N)=O. The van der Waals surface area contributed by atoms with Crippen LogP contribution in [0.5, 0.6) is 17.2 Å². The van der Waals surface area contributed by atoms with Crippen LogP contribution in [0.1, 0.15) is 15.9 Å². The molecule has 34 heavy (non-hydrogen) atoms. The first-order valence-corrected chi connectivity index (χ1v) is 10.2. The molecule has 4 N–H and O–H groups in total. The molecule has 0 saturated carbocycles. The van der Waals surface area contributed by atoms with E-state index in [1.807, 2.05) is 6.07 Å². The van der Waals surface area contributed by atoms with Gasteiger partial charge in [0.25, 0.3) is 11.8 Å². The number of methoxy groups -OCH3 is 2. The van der Waals surface area contributed by atoms with E-state index in [0.717, 1.165) is 5.56 Å². The minimum atomic E-state index is -0.661. The van der Waals surface area contributed by atoms with Gasteiger partial charge in [0.05, 0.1) is 14.2 Å². The molecule has 3 aromatic rings. The molecular formula is C23H25N5O6. The van der Waals surface area contributed by atoms with Gasteiger partial charge in [0.2, 0.25) is 11.7 Å². The molecular weight excluding hydrogens is 442 g/mol. The van der Waals surface area contributed by atoms with E-state index in [0.29, 0.717) is 5.69 Å². The third-order valence-corrected chi connectivity index (χ3v) is 4.61. The highest BCUT2D eigenvalue weighted by atomic mass is 16.5. The highest BCUT2D eigenvalue weighted by Gasteiger charge is 2.18. The fourth-order valence-corrected chi connectivity index (χ4v) is 3.08. The van der Waals surface area contributed by atoms with Crippen molar-refractivity contribution in [1.29, 1.82) is 0 Å². The lowest BCUT2D eigenvalue weighted by Gasteiger charge is -2.15. The first kappa shape index (κ1) is 24.1. The van der Waals surface area contributed by atoms with Gasteiger partial charge in [-0.05, 0) is 35.9 Å². The third kappa shape index (κ3) is 6.48. The van der Waals surface area contributed by atoms with Gasteiger partial charge in [-0.25, -0.2) is 0 Å². The Balaban J connectivity index is 1.65. The summed E-state index contributed by atoms with van der Waals surface area (Å²) in [6.45, 7) is -0.0594. The molecule has 0 spiro atoms. The number of aromatic nitrogens is 2. The quantitative estimate of drug-likeness (QED) is 0.385. The van der Waals surface area contributed by atoms with Crippen LogP contribution in [0.3, 0.4) is 0 Å². The summed E-state index contributed by atoms with van der Waals surface area (Å²) >= 11 is 0. The van der Waals surface area contributed by atoms with Crippen LogP contribution in [0, 0.1) is 0 Å². The van der Waals surface area contributed by atoms with E-state index < -0.39 is 5.91 Å². The van der Waals surface area contributed by atoms with Gasteiger partial charge in [0.15, 0.2) is 18.1 Å². The van der Waals surface area contributed by atoms with E-state index >= 15 is 0 Å². The van der Waals surface area contributed by atoms with Crippen molar-refractivity contribution in [1.82, 2.24) is 15.1 Å². The first-order valence-electron chi connectivity index (χ1n) is 10.2. The summed E-state index contributed by atoms with van der Waals surface area (Å²) in [4.78, 5) is 36.0. The van der Waals surface area contributed by atoms with E-state index in [9.17, 15) is 14.4 Å². The summed E-state index contributed by atoms with van der Waals surface area (Å²) < 4.78 is 17.4. The lowest BCUT2D eigenvalue weighted by atomic mass is 10.1. The maximum atomic E-state index is 12.8. The average Bonchev–Trinajstić information content (AvgIpc) is 3.33. The normalized spacial score (nSPS) is 10.3. The molecule has 11 heteroatoms. The minimum absolute atomic E-state index is 0.0940. The zero-order valence-electron chi connectivity index (χ0n) is 18.7. The lowest BCUT2D eigenvalue weighted by molar-refractivity contribution is -0.120. The topological polar surface area (TPSA) is 147 Å². The number of nitrogens with zero attached hydrogens (tertiary/aromatic N) is 2. The summed E-state index contributed by atoms with van der Waals surface area (Å²) in [6.07, 6.45) is 3.30. The zero-order chi connectivity index (χ0) is 24.5. The number of anilines is 1. The molecule has 11 nitrogen and oxygen atoms in total. The van der Waals surface area contributed by atoms with Crippen LogP contribution >= 0.6 is 0 Å². The summed E-state index contributed by atoms with van der Waals surface area (Å²) in [6, 6.07) is 11.8. The van der Waals surface area contributed by atoms with Crippen molar-refractivity contribution in [3.63, 3.8) is 0 Å². The van der Waals surface area contributed by atoms with E-state index in [1.54, 1.807) is 36.7 Å². The van der Waals surface area contributed by atoms with Crippen LogP contribution in [-0.2, 0) is 22.7 Å². The molecule has 0 fully saturated rings. The molecule has 0 aliphatic rings. The van der Waals surface area contributed by atoms with Crippen molar-refractivity contribution in [2.75, 3.05) is 26.1 Å². The van der Waals surface area contributed by atoms with Gasteiger partial charge in [-0.1, -0.05) is 12.1 Å². The van der Waals surface area contributed by atoms with E-state index in [1.165, 1.54) is 31.0 Å². The Hall–Kier alpha value is -4.54. The molecule has 0 unspecified atom stereocenters. The van der Waals surface area contributed by atoms with Gasteiger partial charge in [0, 0.05) is 30.2 Å². The van der Waals surface area contributed by atoms with Crippen LogP contribution in [-0.4, -0.2) is 48.3 Å². The Labute approximate surface area is 195 Å². The highest BCUT2D eigenvalue weighted by molar-refractivity contribution is 5.95. The van der Waals surface area contributed by atoms with Gasteiger partial charge in [-0.2, -0.15) is 5.10 Å². The number of rotatable bonds is 11. The molecule has 0 atom stereocenters. The molecule has 0 radical (unpaired) electrons. The summed E-state index contributed by atoms with van der Waals surface area (Å²) in [5.41, 5.74) is 6.78. The molecule has 1 heterocycles. The average molecular weight is 467 g/mol. The van der Waals surface area contributed by atoms with Crippen molar-refractivity contribution in [2.24, 2.45) is 5.73 Å². The van der Waals surface area contributed by atoms with Crippen molar-refractivity contribution in [3.05, 3.63) is 66.0 Å². The zero-order valence-corrected chi connectivity index (χ0v) is 18.7. The third-order valence-electron chi connectivity index (χ3n) is 4.61. The molecule has 1 aromatic heterocycles. The molecule has 3 amide bonds. The first-order chi connectivity index (χ1) is 16.4. The molecule has 0 aliphatic carbocycles. The smallest absolute Gasteiger partial charge is 0.255 e. The van der Waals surface area contributed by atoms with Crippen molar-refractivity contribution in [2.45, 2.75) is 13.1 Å². The van der Waals surface area contributed by atoms with Crippen molar-refractivity contribution < 1.29 is 28.6 Å². The second-order valence-electron chi connectivity index (χ2n) is 7.10. The van der Waals surface area contributed by atoms with Gasteiger partial charge < -0.3 is 30.6 Å². The maximum Gasteiger partial charge on any atom is 0.255 e. The van der Waals surface area contributed by atoms with Gasteiger partial charge in [-0.15, -0.1) is 0 Å². The highest BCUT2D eigenvalue weighted by Crippen LogP contribution is 2.38. The number of benzene rings is 2. The largest absolute Gasteiger partial charge is 0.493 e. The van der Waals surface area contributed by atoms with E-state index in [2.05, 4.69) is 15.7 Å². The van der Waals surface area contributed by atoms with Crippen LogP contribution in [0.4, 0.5) is 5.69 Å². The Kier molecular flexibility index (Phi) is 8.06. The summed E-state index contributed by atoms with van der Waals surface area (Å²) in [5.74, 6) is -0.668. The van der Waals surface area contributed by atoms with Crippen LogP contribution in [0.25, 0.3) is 0 Å². The second-order valence-corrected chi connectivity index (χ2v) is 7.10. The molecule has 0 aliphatic heterocycles. The standard InChI is InChI=1S/C23H25N5O6/c1-32-18-10-16(11-19(33-2)22(18)34-14-20(24)29)23(31)25-12-15-5-3-6-17(9-15)27-21(30)13-28-8-4-7-26-28/h3-11H,12-14H2,1-2H3,(H2,24,29)(H,25,31)(H,27,30). The Morgan fingerprint density at radius 1 is 1.06 bits per heavy atom. The monoisotopic (exact) mass is 467 g/mol. The fraction of sp³-hybridized carbons (Fsp3) is 0.217. The number of amides is 3. The molecule has 0 bridgehead atoms. The molecule has 3 rings (SSSR count). The van der Waals surface area contributed by atoms with Crippen molar-refractivity contribution in [3.8, 4) is 17.2 Å². The molecule has 0 saturated heterocycles. The Bertz CT molecular complexity index is 1140. The van der Waals surface area contributed by atoms with E-state index in [-0.39, 0.29) is 54.3 Å². The Morgan fingerprint density at radius 2 is 1.79 bits per heavy atom. The van der Waals surface area contributed by atoms with Gasteiger partial charge in [0.1, 0.15) is 6.54 Å². The number of nitrogens with two attached hydrogens (primary N) is 1. The van der Waals surface area contributed by atoms with Gasteiger partial charge in [-0.3, -0.25) is 19.1 Å². The number of primary amides is 1. The van der Waals surface area contributed by atoms with E-state index in [4.69, 9.17) is 19.9 Å². The second kappa shape index (κ2) is 11.4. The number of hydrogen-bond donors (Lipinski definition) is 3. The number of carbonyl (C=O) groups excluding carboxylic acids is 3. The number of carbonyl (C=O) groups is 3. The number of hydrogen-bond acceptors (Lipinski definition) is 7. The van der Waals surface area contributed by atoms with Crippen LogP contribution < -0.4 is 30.6 Å². The maximum absolute atomic E-state index is 12.8. The minimum Gasteiger partial charge on any atom is -0.493 e. The number of ether oxygens (including phenoxy) is 3. The summed E-state index contributed by atoms with van der Waals surface area (Å²) in [5, 5.41) is 9.62. The van der Waals surface area contributed by atoms with Gasteiger partial charge >= 0.3 is 0 Å². The predicted molar refractivity (Wildman–Crippen MR) is 123 cm³/mol. The van der Waals surface area contributed by atoms with Crippen LogP contribution in [0.2, 0.25) is 0 Å². The molecule has 178 valence electrons.